The van der Waals surface area contributed by atoms with Crippen molar-refractivity contribution in [2.24, 2.45) is 0 Å². The van der Waals surface area contributed by atoms with Crippen molar-refractivity contribution in [2.75, 3.05) is 20.2 Å². The summed E-state index contributed by atoms with van der Waals surface area (Å²) in [6, 6.07) is 8.24. The highest BCUT2D eigenvalue weighted by Crippen LogP contribution is 2.20. The van der Waals surface area contributed by atoms with E-state index in [1.165, 1.54) is 31.9 Å². The summed E-state index contributed by atoms with van der Waals surface area (Å²) in [5.74, 6) is -0.652. The molecule has 0 aliphatic carbocycles. The van der Waals surface area contributed by atoms with Crippen molar-refractivity contribution >= 4 is 11.9 Å². The molecule has 1 aromatic carbocycles. The fourth-order valence-corrected chi connectivity index (χ4v) is 3.89. The third-order valence-corrected chi connectivity index (χ3v) is 5.45. The Labute approximate surface area is 166 Å². The first-order chi connectivity index (χ1) is 13.5. The van der Waals surface area contributed by atoms with Gasteiger partial charge < -0.3 is 15.0 Å². The quantitative estimate of drug-likeness (QED) is 0.751. The second-order valence-corrected chi connectivity index (χ2v) is 7.40. The molecule has 1 saturated heterocycles. The van der Waals surface area contributed by atoms with Gasteiger partial charge >= 0.3 is 5.97 Å². The molecule has 1 fully saturated rings. The van der Waals surface area contributed by atoms with Gasteiger partial charge in [0.1, 0.15) is 5.69 Å². The number of likely N-dealkylation sites (tertiary alicyclic amines) is 1. The van der Waals surface area contributed by atoms with Crippen molar-refractivity contribution in [1.82, 2.24) is 15.2 Å². The fourth-order valence-electron chi connectivity index (χ4n) is 3.89. The Hall–Kier alpha value is -2.60. The van der Waals surface area contributed by atoms with Gasteiger partial charge in [-0.05, 0) is 56.5 Å². The third kappa shape index (κ3) is 4.44. The lowest BCUT2D eigenvalue weighted by molar-refractivity contribution is 0.0599. The topological polar surface area (TPSA) is 74.4 Å². The molecule has 6 nitrogen and oxygen atoms in total. The minimum absolute atomic E-state index is 0.219. The van der Waals surface area contributed by atoms with E-state index in [4.69, 9.17) is 4.74 Å². The van der Waals surface area contributed by atoms with Crippen LogP contribution < -0.4 is 5.32 Å². The smallest absolute Gasteiger partial charge is 0.339 e. The van der Waals surface area contributed by atoms with Gasteiger partial charge in [-0.25, -0.2) is 4.79 Å². The van der Waals surface area contributed by atoms with E-state index in [9.17, 15) is 9.59 Å². The number of H-pyrrole nitrogens is 1. The number of rotatable bonds is 6. The molecule has 1 aromatic heterocycles. The molecule has 1 amide bonds. The van der Waals surface area contributed by atoms with Crippen LogP contribution in [0.5, 0.6) is 0 Å². The maximum Gasteiger partial charge on any atom is 0.339 e. The second kappa shape index (κ2) is 9.06. The number of hydrogen-bond donors (Lipinski definition) is 2. The van der Waals surface area contributed by atoms with Crippen LogP contribution in [0.1, 0.15) is 62.5 Å². The lowest BCUT2D eigenvalue weighted by Gasteiger charge is -2.27. The van der Waals surface area contributed by atoms with Crippen molar-refractivity contribution in [3.63, 3.8) is 0 Å². The van der Waals surface area contributed by atoms with Gasteiger partial charge in [0.05, 0.1) is 12.7 Å². The molecule has 2 aromatic rings. The zero-order chi connectivity index (χ0) is 20.1. The predicted octanol–water partition coefficient (Wildman–Crippen LogP) is 3.33. The molecule has 0 saturated carbocycles. The van der Waals surface area contributed by atoms with E-state index in [2.05, 4.69) is 27.3 Å². The molecule has 0 spiro atoms. The largest absolute Gasteiger partial charge is 0.465 e. The maximum absolute atomic E-state index is 12.7. The number of aromatic nitrogens is 1. The van der Waals surface area contributed by atoms with Gasteiger partial charge in [-0.2, -0.15) is 0 Å². The van der Waals surface area contributed by atoms with E-state index < -0.39 is 5.97 Å². The van der Waals surface area contributed by atoms with Crippen molar-refractivity contribution in [3.8, 4) is 0 Å². The molecule has 0 unspecified atom stereocenters. The van der Waals surface area contributed by atoms with Crippen molar-refractivity contribution < 1.29 is 14.3 Å². The van der Waals surface area contributed by atoms with Crippen molar-refractivity contribution in [2.45, 2.75) is 46.2 Å². The highest BCUT2D eigenvalue weighted by molar-refractivity contribution is 6.00. The average molecular weight is 383 g/mol. The van der Waals surface area contributed by atoms with Gasteiger partial charge in [0, 0.05) is 18.8 Å². The summed E-state index contributed by atoms with van der Waals surface area (Å²) < 4.78 is 4.81. The summed E-state index contributed by atoms with van der Waals surface area (Å²) >= 11 is 0. The molecule has 0 radical (unpaired) electrons. The zero-order valence-corrected chi connectivity index (χ0v) is 16.9. The Morgan fingerprint density at radius 2 is 1.79 bits per heavy atom. The normalized spacial score (nSPS) is 14.7. The summed E-state index contributed by atoms with van der Waals surface area (Å²) in [5.41, 5.74) is 4.46. The van der Waals surface area contributed by atoms with Gasteiger partial charge in [-0.1, -0.05) is 30.7 Å². The number of benzene rings is 1. The molecule has 1 aliphatic rings. The van der Waals surface area contributed by atoms with Crippen LogP contribution >= 0.6 is 0 Å². The number of ether oxygens (including phenoxy) is 1. The SMILES string of the molecule is COC(=O)c1c(C)[nH]c(C(=O)NCc2ccccc2CN2CCCCC2)c1C. The van der Waals surface area contributed by atoms with Crippen LogP contribution in [0.15, 0.2) is 24.3 Å². The number of nitrogens with one attached hydrogen (secondary N) is 2. The number of aromatic amines is 1. The van der Waals surface area contributed by atoms with Crippen molar-refractivity contribution in [3.05, 3.63) is 57.9 Å². The second-order valence-electron chi connectivity index (χ2n) is 7.40. The van der Waals surface area contributed by atoms with E-state index in [0.29, 0.717) is 29.1 Å². The van der Waals surface area contributed by atoms with Gasteiger partial charge in [0.15, 0.2) is 0 Å². The molecule has 150 valence electrons. The van der Waals surface area contributed by atoms with Crippen LogP contribution in [0.3, 0.4) is 0 Å². The van der Waals surface area contributed by atoms with E-state index in [0.717, 1.165) is 25.2 Å². The van der Waals surface area contributed by atoms with Crippen molar-refractivity contribution in [1.29, 1.82) is 0 Å². The Bertz CT molecular complexity index is 851. The fraction of sp³-hybridized carbons (Fsp3) is 0.455. The molecule has 1 aliphatic heterocycles. The molecule has 0 bridgehead atoms. The molecule has 2 N–H and O–H groups in total. The van der Waals surface area contributed by atoms with E-state index >= 15 is 0 Å². The number of nitrogens with zero attached hydrogens (tertiary/aromatic N) is 1. The van der Waals surface area contributed by atoms with Gasteiger partial charge in [0.25, 0.3) is 5.91 Å². The monoisotopic (exact) mass is 383 g/mol. The first kappa shape index (κ1) is 20.1. The van der Waals surface area contributed by atoms with Gasteiger partial charge in [-0.3, -0.25) is 9.69 Å². The number of hydrogen-bond acceptors (Lipinski definition) is 4. The third-order valence-electron chi connectivity index (χ3n) is 5.45. The van der Waals surface area contributed by atoms with Crippen LogP contribution in [0.4, 0.5) is 0 Å². The molecule has 3 rings (SSSR count). The Kier molecular flexibility index (Phi) is 6.52. The highest BCUT2D eigenvalue weighted by atomic mass is 16.5. The van der Waals surface area contributed by atoms with Gasteiger partial charge in [-0.15, -0.1) is 0 Å². The summed E-state index contributed by atoms with van der Waals surface area (Å²) in [5, 5.41) is 2.99. The van der Waals surface area contributed by atoms with E-state index in [-0.39, 0.29) is 5.91 Å². The standard InChI is InChI=1S/C22H29N3O3/c1-15-19(22(27)28-3)16(2)24-20(15)21(26)23-13-17-9-5-6-10-18(17)14-25-11-7-4-8-12-25/h5-6,9-10,24H,4,7-8,11-14H2,1-3H3,(H,23,26). The summed E-state index contributed by atoms with van der Waals surface area (Å²) in [7, 11) is 1.34. The predicted molar refractivity (Wildman–Crippen MR) is 108 cm³/mol. The Morgan fingerprint density at radius 3 is 2.46 bits per heavy atom. The molecule has 2 heterocycles. The summed E-state index contributed by atoms with van der Waals surface area (Å²) in [6.45, 7) is 7.17. The number of carbonyl (C=O) groups excluding carboxylic acids is 2. The molecule has 0 atom stereocenters. The van der Waals surface area contributed by atoms with E-state index in [1.807, 2.05) is 12.1 Å². The van der Waals surface area contributed by atoms with Crippen LogP contribution in [0.25, 0.3) is 0 Å². The molecule has 6 heteroatoms. The minimum atomic E-state index is -0.433. The minimum Gasteiger partial charge on any atom is -0.465 e. The maximum atomic E-state index is 12.7. The lowest BCUT2D eigenvalue weighted by atomic mass is 10.0. The number of aryl methyl sites for hydroxylation is 1. The van der Waals surface area contributed by atoms with E-state index in [1.54, 1.807) is 13.8 Å². The first-order valence-corrected chi connectivity index (χ1v) is 9.86. The van der Waals surface area contributed by atoms with Crippen LogP contribution in [0, 0.1) is 13.8 Å². The number of carbonyl (C=O) groups is 2. The highest BCUT2D eigenvalue weighted by Gasteiger charge is 2.22. The molecular weight excluding hydrogens is 354 g/mol. The lowest BCUT2D eigenvalue weighted by Crippen LogP contribution is -2.30. The summed E-state index contributed by atoms with van der Waals surface area (Å²) in [6.07, 6.45) is 3.83. The average Bonchev–Trinajstić information content (AvgIpc) is 3.01. The van der Waals surface area contributed by atoms with Crippen LogP contribution in [-0.4, -0.2) is 42.0 Å². The first-order valence-electron chi connectivity index (χ1n) is 9.86. The molecular formula is C22H29N3O3. The zero-order valence-electron chi connectivity index (χ0n) is 16.9. The number of amides is 1. The Balaban J connectivity index is 1.69. The Morgan fingerprint density at radius 1 is 1.11 bits per heavy atom. The number of esters is 1. The van der Waals surface area contributed by atoms with Crippen LogP contribution in [-0.2, 0) is 17.8 Å². The number of methoxy groups -OCH3 is 1. The van der Waals surface area contributed by atoms with Gasteiger partial charge in [0.2, 0.25) is 0 Å². The number of piperidine rings is 1. The van der Waals surface area contributed by atoms with Crippen LogP contribution in [0.2, 0.25) is 0 Å². The molecule has 28 heavy (non-hydrogen) atoms. The summed E-state index contributed by atoms with van der Waals surface area (Å²) in [4.78, 5) is 30.1.